The highest BCUT2D eigenvalue weighted by Gasteiger charge is 2.24. The van der Waals surface area contributed by atoms with Crippen LogP contribution in [0.3, 0.4) is 0 Å². The molecule has 108 valence electrons. The number of aromatic nitrogens is 2. The topological polar surface area (TPSA) is 70.5 Å². The van der Waals surface area contributed by atoms with Crippen LogP contribution in [0.1, 0.15) is 19.4 Å². The van der Waals surface area contributed by atoms with Gasteiger partial charge in [-0.1, -0.05) is 0 Å². The lowest BCUT2D eigenvalue weighted by atomic mass is 10.1. The molecule has 0 radical (unpaired) electrons. The van der Waals surface area contributed by atoms with Crippen molar-refractivity contribution in [1.29, 1.82) is 0 Å². The van der Waals surface area contributed by atoms with E-state index in [-0.39, 0.29) is 12.1 Å². The second kappa shape index (κ2) is 7.37. The van der Waals surface area contributed by atoms with Gasteiger partial charge in [-0.05, 0) is 13.8 Å². The van der Waals surface area contributed by atoms with Crippen molar-refractivity contribution in [3.63, 3.8) is 0 Å². The minimum absolute atomic E-state index is 0.0488. The van der Waals surface area contributed by atoms with E-state index in [0.29, 0.717) is 12.6 Å². The number of anilines is 1. The van der Waals surface area contributed by atoms with Gasteiger partial charge in [0.25, 0.3) is 0 Å². The molecule has 6 heteroatoms. The summed E-state index contributed by atoms with van der Waals surface area (Å²) < 4.78 is 4.96. The van der Waals surface area contributed by atoms with E-state index >= 15 is 0 Å². The second-order valence-electron chi connectivity index (χ2n) is 5.09. The van der Waals surface area contributed by atoms with Gasteiger partial charge in [0.05, 0.1) is 18.8 Å². The molecular formula is C13H24N4O2. The van der Waals surface area contributed by atoms with Gasteiger partial charge < -0.3 is 20.1 Å². The average molecular weight is 268 g/mol. The van der Waals surface area contributed by atoms with Crippen LogP contribution in [-0.2, 0) is 11.3 Å². The lowest BCUT2D eigenvalue weighted by molar-refractivity contribution is 0.199. The summed E-state index contributed by atoms with van der Waals surface area (Å²) in [6, 6.07) is 0. The lowest BCUT2D eigenvalue weighted by Crippen LogP contribution is -2.45. The molecule has 1 heterocycles. The monoisotopic (exact) mass is 268 g/mol. The zero-order valence-corrected chi connectivity index (χ0v) is 12.2. The molecule has 0 aliphatic carbocycles. The fourth-order valence-electron chi connectivity index (χ4n) is 1.40. The highest BCUT2D eigenvalue weighted by molar-refractivity contribution is 5.32. The highest BCUT2D eigenvalue weighted by atomic mass is 16.5. The summed E-state index contributed by atoms with van der Waals surface area (Å²) in [5.41, 5.74) is 0.646. The smallest absolute Gasteiger partial charge is 0.225 e. The van der Waals surface area contributed by atoms with E-state index < -0.39 is 0 Å². The van der Waals surface area contributed by atoms with Crippen molar-refractivity contribution < 1.29 is 9.84 Å². The molecule has 0 aliphatic rings. The van der Waals surface area contributed by atoms with Gasteiger partial charge in [-0.3, -0.25) is 0 Å². The standard InChI is InChI=1S/C13H24N4O2/c1-13(2,10-18)17(3)12-15-8-11(9-16-12)7-14-5-6-19-4/h8-9,14,18H,5-7,10H2,1-4H3. The molecule has 0 bridgehead atoms. The number of rotatable bonds is 8. The number of nitrogens with zero attached hydrogens (tertiary/aromatic N) is 3. The van der Waals surface area contributed by atoms with Crippen LogP contribution >= 0.6 is 0 Å². The Morgan fingerprint density at radius 2 is 2.00 bits per heavy atom. The predicted molar refractivity (Wildman–Crippen MR) is 75.2 cm³/mol. The van der Waals surface area contributed by atoms with Gasteiger partial charge >= 0.3 is 0 Å². The summed E-state index contributed by atoms with van der Waals surface area (Å²) in [5, 5.41) is 12.6. The van der Waals surface area contributed by atoms with Gasteiger partial charge in [-0.15, -0.1) is 0 Å². The fourth-order valence-corrected chi connectivity index (χ4v) is 1.40. The Morgan fingerprint density at radius 3 is 2.53 bits per heavy atom. The Kier molecular flexibility index (Phi) is 6.14. The number of hydrogen-bond donors (Lipinski definition) is 2. The number of hydrogen-bond acceptors (Lipinski definition) is 6. The predicted octanol–water partition coefficient (Wildman–Crippen LogP) is 0.420. The van der Waals surface area contributed by atoms with E-state index in [9.17, 15) is 5.11 Å². The lowest BCUT2D eigenvalue weighted by Gasteiger charge is -2.33. The molecule has 6 nitrogen and oxygen atoms in total. The summed E-state index contributed by atoms with van der Waals surface area (Å²) in [4.78, 5) is 10.5. The minimum Gasteiger partial charge on any atom is -0.394 e. The largest absolute Gasteiger partial charge is 0.394 e. The molecule has 0 amide bonds. The number of ether oxygens (including phenoxy) is 1. The first-order valence-electron chi connectivity index (χ1n) is 6.36. The molecule has 0 spiro atoms. The van der Waals surface area contributed by atoms with Crippen LogP contribution in [0.2, 0.25) is 0 Å². The molecule has 1 aromatic rings. The third-order valence-corrected chi connectivity index (χ3v) is 3.10. The maximum absolute atomic E-state index is 9.33. The number of aliphatic hydroxyl groups is 1. The quantitative estimate of drug-likeness (QED) is 0.666. The van der Waals surface area contributed by atoms with Gasteiger partial charge in [-0.2, -0.15) is 0 Å². The summed E-state index contributed by atoms with van der Waals surface area (Å²) in [5.74, 6) is 0.611. The van der Waals surface area contributed by atoms with Crippen LogP contribution in [0.15, 0.2) is 12.4 Å². The van der Waals surface area contributed by atoms with Crippen molar-refractivity contribution in [3.8, 4) is 0 Å². The molecule has 0 fully saturated rings. The molecule has 2 N–H and O–H groups in total. The van der Waals surface area contributed by atoms with Crippen molar-refractivity contribution in [2.45, 2.75) is 25.9 Å². The van der Waals surface area contributed by atoms with E-state index in [0.717, 1.165) is 18.7 Å². The van der Waals surface area contributed by atoms with Gasteiger partial charge in [0.2, 0.25) is 5.95 Å². The maximum atomic E-state index is 9.33. The summed E-state index contributed by atoms with van der Waals surface area (Å²) in [6.07, 6.45) is 3.60. The van der Waals surface area contributed by atoms with Gasteiger partial charge in [0.15, 0.2) is 0 Å². The normalized spacial score (nSPS) is 11.6. The molecule has 1 rings (SSSR count). The van der Waals surface area contributed by atoms with E-state index in [2.05, 4.69) is 15.3 Å². The number of nitrogens with one attached hydrogen (secondary N) is 1. The minimum atomic E-state index is -0.377. The summed E-state index contributed by atoms with van der Waals surface area (Å²) >= 11 is 0. The zero-order valence-electron chi connectivity index (χ0n) is 12.2. The molecule has 0 unspecified atom stereocenters. The molecule has 1 aromatic heterocycles. The van der Waals surface area contributed by atoms with Gasteiger partial charge in [0, 0.05) is 45.2 Å². The molecule has 0 saturated carbocycles. The number of aliphatic hydroxyl groups excluding tert-OH is 1. The van der Waals surface area contributed by atoms with Crippen LogP contribution in [0.5, 0.6) is 0 Å². The molecule has 0 aliphatic heterocycles. The second-order valence-corrected chi connectivity index (χ2v) is 5.09. The van der Waals surface area contributed by atoms with Crippen LogP contribution < -0.4 is 10.2 Å². The fraction of sp³-hybridized carbons (Fsp3) is 0.692. The van der Waals surface area contributed by atoms with E-state index in [1.54, 1.807) is 19.5 Å². The SMILES string of the molecule is COCCNCc1cnc(N(C)C(C)(C)CO)nc1. The molecule has 0 saturated heterocycles. The summed E-state index contributed by atoms with van der Waals surface area (Å²) in [6.45, 7) is 6.14. The van der Waals surface area contributed by atoms with E-state index in [4.69, 9.17) is 4.74 Å². The van der Waals surface area contributed by atoms with E-state index in [1.807, 2.05) is 25.8 Å². The van der Waals surface area contributed by atoms with Crippen LogP contribution in [0.25, 0.3) is 0 Å². The number of methoxy groups -OCH3 is 1. The van der Waals surface area contributed by atoms with Crippen molar-refractivity contribution in [3.05, 3.63) is 18.0 Å². The maximum Gasteiger partial charge on any atom is 0.225 e. The Morgan fingerprint density at radius 1 is 1.37 bits per heavy atom. The van der Waals surface area contributed by atoms with Crippen molar-refractivity contribution in [2.75, 3.05) is 38.8 Å². The Labute approximate surface area is 114 Å². The van der Waals surface area contributed by atoms with Gasteiger partial charge in [-0.25, -0.2) is 9.97 Å². The van der Waals surface area contributed by atoms with E-state index in [1.165, 1.54) is 0 Å². The van der Waals surface area contributed by atoms with Crippen molar-refractivity contribution >= 4 is 5.95 Å². The van der Waals surface area contributed by atoms with Crippen LogP contribution in [0.4, 0.5) is 5.95 Å². The van der Waals surface area contributed by atoms with Gasteiger partial charge in [0.1, 0.15) is 0 Å². The average Bonchev–Trinajstić information content (AvgIpc) is 2.43. The van der Waals surface area contributed by atoms with Crippen LogP contribution in [-0.4, -0.2) is 54.5 Å². The van der Waals surface area contributed by atoms with Crippen molar-refractivity contribution in [1.82, 2.24) is 15.3 Å². The van der Waals surface area contributed by atoms with Crippen molar-refractivity contribution in [2.24, 2.45) is 0 Å². The third-order valence-electron chi connectivity index (χ3n) is 3.10. The Hall–Kier alpha value is -1.24. The first-order valence-corrected chi connectivity index (χ1v) is 6.36. The first-order chi connectivity index (χ1) is 9.01. The molecule has 19 heavy (non-hydrogen) atoms. The molecular weight excluding hydrogens is 244 g/mol. The number of likely N-dealkylation sites (N-methyl/N-ethyl adjacent to an activating group) is 1. The Bertz CT molecular complexity index is 367. The van der Waals surface area contributed by atoms with Crippen LogP contribution in [0, 0.1) is 0 Å². The first kappa shape index (κ1) is 15.8. The Balaban J connectivity index is 2.56. The molecule has 0 aromatic carbocycles. The third kappa shape index (κ3) is 4.74. The molecule has 0 atom stereocenters. The zero-order chi connectivity index (χ0) is 14.3. The highest BCUT2D eigenvalue weighted by Crippen LogP contribution is 2.17. The summed E-state index contributed by atoms with van der Waals surface area (Å²) in [7, 11) is 3.56.